The molecule has 1 heterocycles. The SMILES string of the molecule is O=C(O)C(=O)O.c1cc(CN2CCCCC2)ccc1COc1ccc(C2CCCC2)cc1. The molecule has 0 amide bonds. The first kappa shape index (κ1) is 23.8. The van der Waals surface area contributed by atoms with E-state index in [1.165, 1.54) is 74.7 Å². The van der Waals surface area contributed by atoms with Crippen LogP contribution in [0.3, 0.4) is 0 Å². The number of rotatable bonds is 6. The number of hydrogen-bond donors (Lipinski definition) is 2. The number of carboxylic acids is 2. The van der Waals surface area contributed by atoms with Gasteiger partial charge in [-0.2, -0.15) is 0 Å². The first-order valence-electron chi connectivity index (χ1n) is 11.5. The highest BCUT2D eigenvalue weighted by Crippen LogP contribution is 2.34. The first-order chi connectivity index (χ1) is 15.5. The van der Waals surface area contributed by atoms with Crippen LogP contribution in [-0.4, -0.2) is 40.1 Å². The highest BCUT2D eigenvalue weighted by molar-refractivity contribution is 6.27. The molecule has 4 rings (SSSR count). The van der Waals surface area contributed by atoms with Crippen molar-refractivity contribution in [3.05, 3.63) is 65.2 Å². The Balaban J connectivity index is 0.000000427. The Morgan fingerprint density at radius 2 is 1.34 bits per heavy atom. The maximum Gasteiger partial charge on any atom is 0.414 e. The highest BCUT2D eigenvalue weighted by atomic mass is 16.5. The molecular formula is C26H33NO5. The van der Waals surface area contributed by atoms with Crippen LogP contribution in [0.15, 0.2) is 48.5 Å². The summed E-state index contributed by atoms with van der Waals surface area (Å²) < 4.78 is 5.99. The van der Waals surface area contributed by atoms with E-state index in [2.05, 4.69) is 53.4 Å². The van der Waals surface area contributed by atoms with Crippen LogP contribution < -0.4 is 4.74 Å². The molecule has 1 aliphatic carbocycles. The van der Waals surface area contributed by atoms with Gasteiger partial charge in [-0.3, -0.25) is 4.90 Å². The number of nitrogens with zero attached hydrogens (tertiary/aromatic N) is 1. The fraction of sp³-hybridized carbons (Fsp3) is 0.462. The van der Waals surface area contributed by atoms with E-state index in [4.69, 9.17) is 24.5 Å². The molecule has 2 aromatic rings. The lowest BCUT2D eigenvalue weighted by Crippen LogP contribution is -2.29. The summed E-state index contributed by atoms with van der Waals surface area (Å²) in [6.07, 6.45) is 9.58. The normalized spacial score (nSPS) is 16.8. The van der Waals surface area contributed by atoms with Crippen molar-refractivity contribution < 1.29 is 24.5 Å². The van der Waals surface area contributed by atoms with Crippen molar-refractivity contribution in [2.45, 2.75) is 64.0 Å². The van der Waals surface area contributed by atoms with E-state index in [-0.39, 0.29) is 0 Å². The average molecular weight is 440 g/mol. The summed E-state index contributed by atoms with van der Waals surface area (Å²) in [5.74, 6) is -1.90. The number of piperidine rings is 1. The molecule has 0 aromatic heterocycles. The summed E-state index contributed by atoms with van der Waals surface area (Å²) in [4.78, 5) is 20.8. The number of aliphatic carboxylic acids is 2. The van der Waals surface area contributed by atoms with E-state index < -0.39 is 11.9 Å². The molecule has 0 atom stereocenters. The lowest BCUT2D eigenvalue weighted by atomic mass is 9.98. The zero-order valence-electron chi connectivity index (χ0n) is 18.5. The molecule has 172 valence electrons. The second-order valence-corrected chi connectivity index (χ2v) is 8.60. The smallest absolute Gasteiger partial charge is 0.414 e. The van der Waals surface area contributed by atoms with Crippen LogP contribution in [0.5, 0.6) is 5.75 Å². The minimum absolute atomic E-state index is 0.646. The van der Waals surface area contributed by atoms with Crippen molar-refractivity contribution in [1.82, 2.24) is 4.90 Å². The second-order valence-electron chi connectivity index (χ2n) is 8.60. The van der Waals surface area contributed by atoms with Gasteiger partial charge >= 0.3 is 11.9 Å². The van der Waals surface area contributed by atoms with Crippen LogP contribution in [0.25, 0.3) is 0 Å². The number of hydrogen-bond acceptors (Lipinski definition) is 4. The molecule has 0 spiro atoms. The minimum atomic E-state index is -1.82. The van der Waals surface area contributed by atoms with Gasteiger partial charge in [0.05, 0.1) is 0 Å². The molecule has 1 saturated carbocycles. The summed E-state index contributed by atoms with van der Waals surface area (Å²) >= 11 is 0. The van der Waals surface area contributed by atoms with E-state index in [9.17, 15) is 0 Å². The summed E-state index contributed by atoms with van der Waals surface area (Å²) in [7, 11) is 0. The average Bonchev–Trinajstić information content (AvgIpc) is 3.35. The molecule has 6 nitrogen and oxygen atoms in total. The fourth-order valence-electron chi connectivity index (χ4n) is 4.38. The van der Waals surface area contributed by atoms with E-state index in [1.807, 2.05) is 0 Å². The predicted molar refractivity (Wildman–Crippen MR) is 123 cm³/mol. The van der Waals surface area contributed by atoms with Gasteiger partial charge in [0, 0.05) is 6.54 Å². The van der Waals surface area contributed by atoms with Crippen molar-refractivity contribution >= 4 is 11.9 Å². The third-order valence-electron chi connectivity index (χ3n) is 6.17. The number of carbonyl (C=O) groups is 2. The summed E-state index contributed by atoms with van der Waals surface area (Å²) in [6.45, 7) is 4.24. The van der Waals surface area contributed by atoms with Gasteiger partial charge in [-0.1, -0.05) is 55.7 Å². The molecule has 2 aromatic carbocycles. The number of benzene rings is 2. The van der Waals surface area contributed by atoms with Crippen LogP contribution >= 0.6 is 0 Å². The van der Waals surface area contributed by atoms with Crippen molar-refractivity contribution in [1.29, 1.82) is 0 Å². The third-order valence-corrected chi connectivity index (χ3v) is 6.17. The number of likely N-dealkylation sites (tertiary alicyclic amines) is 1. The molecule has 1 saturated heterocycles. The first-order valence-corrected chi connectivity index (χ1v) is 11.5. The van der Waals surface area contributed by atoms with Gasteiger partial charge in [-0.05, 0) is 73.5 Å². The van der Waals surface area contributed by atoms with Crippen LogP contribution in [0.2, 0.25) is 0 Å². The van der Waals surface area contributed by atoms with Crippen LogP contribution in [0, 0.1) is 0 Å². The molecule has 2 N–H and O–H groups in total. The quantitative estimate of drug-likeness (QED) is 0.612. The van der Waals surface area contributed by atoms with Gasteiger partial charge in [0.15, 0.2) is 0 Å². The summed E-state index contributed by atoms with van der Waals surface area (Å²) in [5, 5.41) is 14.8. The summed E-state index contributed by atoms with van der Waals surface area (Å²) in [5.41, 5.74) is 4.14. The summed E-state index contributed by atoms with van der Waals surface area (Å²) in [6, 6.07) is 17.7. The molecule has 0 radical (unpaired) electrons. The standard InChI is InChI=1S/C24H31NO.C2H2O4/c1-4-16-25(17-5-1)18-20-8-10-21(11-9-20)19-26-24-14-12-23(13-15-24)22-6-2-3-7-22;3-1(4)2(5)6/h8-15,22H,1-7,16-19H2;(H,3,4)(H,5,6). The van der Waals surface area contributed by atoms with Gasteiger partial charge in [0.1, 0.15) is 12.4 Å². The van der Waals surface area contributed by atoms with Gasteiger partial charge in [0.25, 0.3) is 0 Å². The van der Waals surface area contributed by atoms with E-state index in [0.717, 1.165) is 18.2 Å². The lowest BCUT2D eigenvalue weighted by Gasteiger charge is -2.26. The lowest BCUT2D eigenvalue weighted by molar-refractivity contribution is -0.159. The molecular weight excluding hydrogens is 406 g/mol. The predicted octanol–water partition coefficient (Wildman–Crippen LogP) is 5.06. The Morgan fingerprint density at radius 1 is 0.781 bits per heavy atom. The molecule has 32 heavy (non-hydrogen) atoms. The van der Waals surface area contributed by atoms with E-state index in [1.54, 1.807) is 0 Å². The maximum atomic E-state index is 9.10. The molecule has 1 aliphatic heterocycles. The Bertz CT molecular complexity index is 839. The number of carboxylic acid groups (broad SMARTS) is 2. The second kappa shape index (κ2) is 12.2. The van der Waals surface area contributed by atoms with Gasteiger partial charge in [0.2, 0.25) is 0 Å². The van der Waals surface area contributed by atoms with E-state index in [0.29, 0.717) is 6.61 Å². The van der Waals surface area contributed by atoms with Gasteiger partial charge in [-0.15, -0.1) is 0 Å². The molecule has 2 aliphatic rings. The fourth-order valence-corrected chi connectivity index (χ4v) is 4.38. The zero-order valence-corrected chi connectivity index (χ0v) is 18.5. The van der Waals surface area contributed by atoms with Crippen LogP contribution in [0.4, 0.5) is 0 Å². The number of ether oxygens (including phenoxy) is 1. The molecule has 0 unspecified atom stereocenters. The van der Waals surface area contributed by atoms with E-state index >= 15 is 0 Å². The van der Waals surface area contributed by atoms with Crippen LogP contribution in [-0.2, 0) is 22.7 Å². The molecule has 2 fully saturated rings. The third kappa shape index (κ3) is 7.68. The zero-order chi connectivity index (χ0) is 22.8. The van der Waals surface area contributed by atoms with Gasteiger partial charge < -0.3 is 14.9 Å². The Hall–Kier alpha value is -2.86. The van der Waals surface area contributed by atoms with Crippen molar-refractivity contribution in [2.24, 2.45) is 0 Å². The Morgan fingerprint density at radius 3 is 1.91 bits per heavy atom. The monoisotopic (exact) mass is 439 g/mol. The van der Waals surface area contributed by atoms with Crippen molar-refractivity contribution in [3.63, 3.8) is 0 Å². The highest BCUT2D eigenvalue weighted by Gasteiger charge is 2.16. The topological polar surface area (TPSA) is 87.1 Å². The molecule has 0 bridgehead atoms. The van der Waals surface area contributed by atoms with Gasteiger partial charge in [-0.25, -0.2) is 9.59 Å². The maximum absolute atomic E-state index is 9.10. The Kier molecular flexibility index (Phi) is 9.11. The van der Waals surface area contributed by atoms with Crippen LogP contribution in [0.1, 0.15) is 67.6 Å². The minimum Gasteiger partial charge on any atom is -0.489 e. The largest absolute Gasteiger partial charge is 0.489 e. The van der Waals surface area contributed by atoms with Crippen molar-refractivity contribution in [3.8, 4) is 5.75 Å². The molecule has 6 heteroatoms. The van der Waals surface area contributed by atoms with Crippen molar-refractivity contribution in [2.75, 3.05) is 13.1 Å². The Labute approximate surface area is 189 Å².